The first kappa shape index (κ1) is 15.6. The fraction of sp³-hybridized carbons (Fsp3) is 0.125. The zero-order chi connectivity index (χ0) is 15.5. The zero-order valence-electron chi connectivity index (χ0n) is 11.4. The molecule has 0 saturated carbocycles. The van der Waals surface area contributed by atoms with Crippen molar-refractivity contribution < 1.29 is 4.79 Å². The van der Waals surface area contributed by atoms with Crippen molar-refractivity contribution >= 4 is 56.1 Å². The molecule has 1 N–H and O–H groups in total. The normalized spacial score (nSPS) is 19.5. The first-order valence-electron chi connectivity index (χ1n) is 6.67. The Bertz CT molecular complexity index is 733. The lowest BCUT2D eigenvalue weighted by molar-refractivity contribution is -0.118. The zero-order valence-corrected chi connectivity index (χ0v) is 14.6. The Hall–Kier alpha value is -1.30. The highest BCUT2D eigenvalue weighted by Crippen LogP contribution is 2.28. The quantitative estimate of drug-likeness (QED) is 0.827. The SMILES string of the molecule is O=C1NC(=Nc2ccc(Br)cc2)SC1Cc1ccccc1Cl. The summed E-state index contributed by atoms with van der Waals surface area (Å²) in [5.74, 6) is -0.0271. The van der Waals surface area contributed by atoms with Crippen LogP contribution in [0.25, 0.3) is 0 Å². The van der Waals surface area contributed by atoms with Gasteiger partial charge in [-0.15, -0.1) is 0 Å². The van der Waals surface area contributed by atoms with Gasteiger partial charge in [-0.1, -0.05) is 57.5 Å². The largest absolute Gasteiger partial charge is 0.304 e. The molecule has 1 saturated heterocycles. The predicted molar refractivity (Wildman–Crippen MR) is 95.9 cm³/mol. The highest BCUT2D eigenvalue weighted by Gasteiger charge is 2.30. The molecule has 6 heteroatoms. The van der Waals surface area contributed by atoms with Crippen LogP contribution in [0.5, 0.6) is 0 Å². The standard InChI is InChI=1S/C16H12BrClN2OS/c17-11-5-7-12(8-6-11)19-16-20-15(21)14(22-16)9-10-3-1-2-4-13(10)18/h1-8,14H,9H2,(H,19,20,21). The minimum absolute atomic E-state index is 0.0271. The Kier molecular flexibility index (Phi) is 4.86. The van der Waals surface area contributed by atoms with Crippen molar-refractivity contribution in [2.45, 2.75) is 11.7 Å². The number of nitrogens with one attached hydrogen (secondary N) is 1. The number of thioether (sulfide) groups is 1. The molecule has 0 spiro atoms. The van der Waals surface area contributed by atoms with Gasteiger partial charge in [0.05, 0.1) is 10.9 Å². The van der Waals surface area contributed by atoms with Crippen LogP contribution >= 0.6 is 39.3 Å². The van der Waals surface area contributed by atoms with Crippen molar-refractivity contribution in [1.29, 1.82) is 0 Å². The monoisotopic (exact) mass is 394 g/mol. The average Bonchev–Trinajstić information content (AvgIpc) is 2.84. The van der Waals surface area contributed by atoms with Crippen LogP contribution in [0, 0.1) is 0 Å². The summed E-state index contributed by atoms with van der Waals surface area (Å²) in [6.45, 7) is 0. The number of hydrogen-bond acceptors (Lipinski definition) is 3. The number of amides is 1. The Morgan fingerprint density at radius 1 is 1.18 bits per heavy atom. The van der Waals surface area contributed by atoms with Crippen LogP contribution in [-0.4, -0.2) is 16.3 Å². The maximum absolute atomic E-state index is 12.1. The van der Waals surface area contributed by atoms with Crippen molar-refractivity contribution in [2.24, 2.45) is 4.99 Å². The van der Waals surface area contributed by atoms with Crippen LogP contribution < -0.4 is 5.32 Å². The number of nitrogens with zero attached hydrogens (tertiary/aromatic N) is 1. The molecule has 3 nitrogen and oxygen atoms in total. The van der Waals surface area contributed by atoms with E-state index in [-0.39, 0.29) is 11.2 Å². The molecule has 0 aliphatic carbocycles. The Morgan fingerprint density at radius 2 is 1.91 bits per heavy atom. The fourth-order valence-corrected chi connectivity index (χ4v) is 3.58. The highest BCUT2D eigenvalue weighted by molar-refractivity contribution is 9.10. The molecule has 1 unspecified atom stereocenters. The molecular weight excluding hydrogens is 384 g/mol. The minimum atomic E-state index is -0.200. The number of benzene rings is 2. The van der Waals surface area contributed by atoms with Gasteiger partial charge in [0.15, 0.2) is 5.17 Å². The van der Waals surface area contributed by atoms with Crippen molar-refractivity contribution in [2.75, 3.05) is 0 Å². The average molecular weight is 396 g/mol. The van der Waals surface area contributed by atoms with Crippen LogP contribution in [0.1, 0.15) is 5.56 Å². The van der Waals surface area contributed by atoms with Gasteiger partial charge in [-0.2, -0.15) is 0 Å². The van der Waals surface area contributed by atoms with E-state index in [2.05, 4.69) is 26.2 Å². The smallest absolute Gasteiger partial charge is 0.239 e. The third-order valence-electron chi connectivity index (χ3n) is 3.20. The van der Waals surface area contributed by atoms with E-state index in [1.807, 2.05) is 48.5 Å². The molecule has 22 heavy (non-hydrogen) atoms. The predicted octanol–water partition coefficient (Wildman–Crippen LogP) is 4.56. The van der Waals surface area contributed by atoms with Gasteiger partial charge >= 0.3 is 0 Å². The van der Waals surface area contributed by atoms with E-state index in [0.717, 1.165) is 15.7 Å². The molecular formula is C16H12BrClN2OS. The summed E-state index contributed by atoms with van der Waals surface area (Å²) >= 11 is 11.0. The van der Waals surface area contributed by atoms with E-state index in [0.29, 0.717) is 16.6 Å². The molecule has 0 aromatic heterocycles. The number of rotatable bonds is 3. The van der Waals surface area contributed by atoms with E-state index in [4.69, 9.17) is 11.6 Å². The first-order chi connectivity index (χ1) is 10.6. The van der Waals surface area contributed by atoms with E-state index < -0.39 is 0 Å². The second-order valence-electron chi connectivity index (χ2n) is 4.78. The van der Waals surface area contributed by atoms with E-state index in [1.54, 1.807) is 0 Å². The van der Waals surface area contributed by atoms with Gasteiger partial charge in [0.2, 0.25) is 5.91 Å². The van der Waals surface area contributed by atoms with Crippen molar-refractivity contribution in [3.05, 3.63) is 63.6 Å². The molecule has 1 aliphatic heterocycles. The highest BCUT2D eigenvalue weighted by atomic mass is 79.9. The van der Waals surface area contributed by atoms with Crippen molar-refractivity contribution in [3.63, 3.8) is 0 Å². The molecule has 0 bridgehead atoms. The number of aliphatic imine (C=N–C) groups is 1. The van der Waals surface area contributed by atoms with Crippen LogP contribution in [-0.2, 0) is 11.2 Å². The van der Waals surface area contributed by atoms with Gasteiger partial charge in [0, 0.05) is 9.50 Å². The first-order valence-corrected chi connectivity index (χ1v) is 8.72. The summed E-state index contributed by atoms with van der Waals surface area (Å²) < 4.78 is 0.996. The molecule has 1 aliphatic rings. The maximum atomic E-state index is 12.1. The Labute approximate surface area is 146 Å². The fourth-order valence-electron chi connectivity index (χ4n) is 2.09. The van der Waals surface area contributed by atoms with E-state index in [9.17, 15) is 4.79 Å². The van der Waals surface area contributed by atoms with Gasteiger partial charge in [0.25, 0.3) is 0 Å². The second-order valence-corrected chi connectivity index (χ2v) is 7.30. The molecule has 1 atom stereocenters. The lowest BCUT2D eigenvalue weighted by Crippen LogP contribution is -2.26. The molecule has 1 fully saturated rings. The van der Waals surface area contributed by atoms with Gasteiger partial charge in [-0.05, 0) is 42.3 Å². The molecule has 1 heterocycles. The Morgan fingerprint density at radius 3 is 2.64 bits per heavy atom. The third-order valence-corrected chi connectivity index (χ3v) is 5.18. The molecule has 2 aromatic rings. The number of carbonyl (C=O) groups excluding carboxylic acids is 1. The van der Waals surface area contributed by atoms with Crippen LogP contribution in [0.2, 0.25) is 5.02 Å². The topological polar surface area (TPSA) is 41.5 Å². The van der Waals surface area contributed by atoms with Gasteiger partial charge in [-0.3, -0.25) is 4.79 Å². The maximum Gasteiger partial charge on any atom is 0.239 e. The molecule has 2 aromatic carbocycles. The van der Waals surface area contributed by atoms with E-state index in [1.165, 1.54) is 11.8 Å². The van der Waals surface area contributed by atoms with Crippen LogP contribution in [0.3, 0.4) is 0 Å². The number of carbonyl (C=O) groups is 1. The molecule has 112 valence electrons. The molecule has 3 rings (SSSR count). The van der Waals surface area contributed by atoms with E-state index >= 15 is 0 Å². The van der Waals surface area contributed by atoms with Gasteiger partial charge < -0.3 is 5.32 Å². The lowest BCUT2D eigenvalue weighted by atomic mass is 10.1. The van der Waals surface area contributed by atoms with Gasteiger partial charge in [-0.25, -0.2) is 4.99 Å². The summed E-state index contributed by atoms with van der Waals surface area (Å²) in [7, 11) is 0. The summed E-state index contributed by atoms with van der Waals surface area (Å²) in [4.78, 5) is 16.5. The number of halogens is 2. The summed E-state index contributed by atoms with van der Waals surface area (Å²) in [5.41, 5.74) is 1.78. The number of amidine groups is 1. The van der Waals surface area contributed by atoms with Gasteiger partial charge in [0.1, 0.15) is 0 Å². The summed E-state index contributed by atoms with van der Waals surface area (Å²) in [6, 6.07) is 15.2. The Balaban J connectivity index is 1.73. The summed E-state index contributed by atoms with van der Waals surface area (Å²) in [5, 5.41) is 3.94. The lowest BCUT2D eigenvalue weighted by Gasteiger charge is -2.06. The summed E-state index contributed by atoms with van der Waals surface area (Å²) in [6.07, 6.45) is 0.593. The second kappa shape index (κ2) is 6.86. The molecule has 1 amide bonds. The third kappa shape index (κ3) is 3.72. The number of hydrogen-bond donors (Lipinski definition) is 1. The van der Waals surface area contributed by atoms with Crippen LogP contribution in [0.4, 0.5) is 5.69 Å². The molecule has 0 radical (unpaired) electrons. The minimum Gasteiger partial charge on any atom is -0.304 e. The van der Waals surface area contributed by atoms with Crippen molar-refractivity contribution in [3.8, 4) is 0 Å². The van der Waals surface area contributed by atoms with Crippen LogP contribution in [0.15, 0.2) is 58.0 Å². The van der Waals surface area contributed by atoms with Crippen molar-refractivity contribution in [1.82, 2.24) is 5.32 Å².